The van der Waals surface area contributed by atoms with Gasteiger partial charge in [0, 0.05) is 32.0 Å². The number of hydrogen-bond donors (Lipinski definition) is 0. The molecule has 211 valence electrons. The second kappa shape index (κ2) is 13.0. The van der Waals surface area contributed by atoms with Crippen molar-refractivity contribution in [3.05, 3.63) is 137 Å². The van der Waals surface area contributed by atoms with Crippen LogP contribution < -0.4 is 0 Å². The second-order valence-electron chi connectivity index (χ2n) is 10.5. The first-order valence-electron chi connectivity index (χ1n) is 13.9. The van der Waals surface area contributed by atoms with Crippen LogP contribution in [0.25, 0.3) is 49.5 Å². The van der Waals surface area contributed by atoms with Crippen LogP contribution >= 0.6 is 11.3 Å². The van der Waals surface area contributed by atoms with Crippen molar-refractivity contribution in [2.75, 3.05) is 0 Å². The van der Waals surface area contributed by atoms with E-state index in [9.17, 15) is 0 Å². The fraction of sp³-hybridized carbons (Fsp3) is 0.135. The van der Waals surface area contributed by atoms with Crippen LogP contribution in [0.2, 0.25) is 0 Å². The summed E-state index contributed by atoms with van der Waals surface area (Å²) in [6.07, 6.45) is 1.79. The number of nitrogens with zero attached hydrogens (tertiary/aromatic N) is 3. The number of rotatable bonds is 4. The molecule has 42 heavy (non-hydrogen) atoms. The second-order valence-corrected chi connectivity index (χ2v) is 11.3. The molecule has 0 bridgehead atoms. The van der Waals surface area contributed by atoms with Crippen molar-refractivity contribution in [3.63, 3.8) is 0 Å². The third-order valence-electron chi connectivity index (χ3n) is 7.30. The van der Waals surface area contributed by atoms with E-state index in [1.807, 2.05) is 42.5 Å². The van der Waals surface area contributed by atoms with Crippen LogP contribution in [0.5, 0.6) is 0 Å². The molecule has 7 aromatic rings. The molecule has 0 unspecified atom stereocenters. The Morgan fingerprint density at radius 2 is 1.57 bits per heavy atom. The number of para-hydroxylation sites is 3. The van der Waals surface area contributed by atoms with Crippen molar-refractivity contribution in [1.29, 1.82) is 0 Å². The predicted molar refractivity (Wildman–Crippen MR) is 173 cm³/mol. The van der Waals surface area contributed by atoms with Gasteiger partial charge < -0.3 is 9.55 Å². The molecule has 0 aliphatic rings. The zero-order valence-electron chi connectivity index (χ0n) is 24.1. The molecule has 3 heterocycles. The van der Waals surface area contributed by atoms with Gasteiger partial charge in [-0.25, -0.2) is 0 Å². The number of thiophene rings is 1. The largest absolute Gasteiger partial charge is 0.333 e. The normalized spacial score (nSPS) is 10.9. The van der Waals surface area contributed by atoms with Gasteiger partial charge in [-0.3, -0.25) is 16.3 Å². The fourth-order valence-electron chi connectivity index (χ4n) is 5.17. The van der Waals surface area contributed by atoms with Crippen molar-refractivity contribution < 1.29 is 20.1 Å². The number of aryl methyl sites for hydroxylation is 2. The summed E-state index contributed by atoms with van der Waals surface area (Å²) in [5.74, 6) is 1.48. The van der Waals surface area contributed by atoms with Crippen molar-refractivity contribution >= 4 is 32.5 Å². The van der Waals surface area contributed by atoms with Crippen molar-refractivity contribution in [2.24, 2.45) is 0 Å². The molecule has 0 aliphatic heterocycles. The summed E-state index contributed by atoms with van der Waals surface area (Å²) in [6.45, 7) is 8.82. The van der Waals surface area contributed by atoms with Gasteiger partial charge in [0.1, 0.15) is 0 Å². The Labute approximate surface area is 265 Å². The summed E-state index contributed by atoms with van der Waals surface area (Å²) >= 11 is 1.68. The third kappa shape index (κ3) is 5.87. The molecule has 3 aromatic heterocycles. The molecular weight excluding hydrogens is 711 g/mol. The van der Waals surface area contributed by atoms with Crippen LogP contribution in [0.4, 0.5) is 0 Å². The number of imidazole rings is 1. The number of pyridine rings is 1. The van der Waals surface area contributed by atoms with E-state index >= 15 is 0 Å². The Morgan fingerprint density at radius 3 is 2.29 bits per heavy atom. The SMILES string of the molecule is Cc1cccc(C)c1-n1c(-c2[c-]sc3cc(C(C)C)ccc23)nc2ccccc21.[Ir].[c-]1ccccc1-c1ccccn1. The van der Waals surface area contributed by atoms with Crippen LogP contribution in [0, 0.1) is 25.3 Å². The van der Waals surface area contributed by atoms with Crippen LogP contribution in [0.1, 0.15) is 36.5 Å². The summed E-state index contributed by atoms with van der Waals surface area (Å²) in [6, 6.07) is 38.4. The summed E-state index contributed by atoms with van der Waals surface area (Å²) in [4.78, 5) is 9.28. The molecular formula is C37H31IrN3S-2. The van der Waals surface area contributed by atoms with Crippen LogP contribution in [0.15, 0.2) is 109 Å². The maximum Gasteiger partial charge on any atom is 0.0774 e. The minimum atomic E-state index is 0. The molecule has 0 fully saturated rings. The molecule has 3 nitrogen and oxygen atoms in total. The predicted octanol–water partition coefficient (Wildman–Crippen LogP) is 9.99. The van der Waals surface area contributed by atoms with E-state index in [-0.39, 0.29) is 20.1 Å². The molecule has 7 rings (SSSR count). The van der Waals surface area contributed by atoms with Gasteiger partial charge in [0.15, 0.2) is 0 Å². The summed E-state index contributed by atoms with van der Waals surface area (Å²) in [5, 5.41) is 4.79. The molecule has 0 saturated heterocycles. The monoisotopic (exact) mass is 742 g/mol. The first-order valence-corrected chi connectivity index (χ1v) is 14.7. The van der Waals surface area contributed by atoms with Gasteiger partial charge in [-0.15, -0.1) is 47.3 Å². The number of hydrogen-bond acceptors (Lipinski definition) is 3. The van der Waals surface area contributed by atoms with E-state index in [0.29, 0.717) is 5.92 Å². The fourth-order valence-corrected chi connectivity index (χ4v) is 6.06. The average Bonchev–Trinajstić information content (AvgIpc) is 3.59. The molecule has 0 spiro atoms. The van der Waals surface area contributed by atoms with E-state index in [2.05, 4.69) is 109 Å². The molecule has 5 heteroatoms. The molecule has 0 saturated carbocycles. The van der Waals surface area contributed by atoms with Crippen LogP contribution in [0.3, 0.4) is 0 Å². The summed E-state index contributed by atoms with van der Waals surface area (Å²) in [7, 11) is 0. The Balaban J connectivity index is 0.000000228. The van der Waals surface area contributed by atoms with Crippen molar-refractivity contribution in [3.8, 4) is 28.3 Å². The maximum absolute atomic E-state index is 5.06. The number of fused-ring (bicyclic) bond motifs is 2. The van der Waals surface area contributed by atoms with Gasteiger partial charge in [-0.1, -0.05) is 89.7 Å². The zero-order valence-corrected chi connectivity index (χ0v) is 27.3. The molecule has 0 atom stereocenters. The van der Waals surface area contributed by atoms with E-state index in [1.165, 1.54) is 32.5 Å². The minimum Gasteiger partial charge on any atom is -0.333 e. The first kappa shape index (κ1) is 29.6. The van der Waals surface area contributed by atoms with E-state index in [0.717, 1.165) is 33.7 Å². The molecule has 0 amide bonds. The molecule has 0 N–H and O–H groups in total. The minimum absolute atomic E-state index is 0. The molecule has 0 aliphatic carbocycles. The maximum atomic E-state index is 5.06. The topological polar surface area (TPSA) is 30.7 Å². The van der Waals surface area contributed by atoms with Crippen LogP contribution in [-0.4, -0.2) is 14.5 Å². The Hall–Kier alpha value is -3.89. The van der Waals surface area contributed by atoms with Gasteiger partial charge >= 0.3 is 0 Å². The zero-order chi connectivity index (χ0) is 28.3. The molecule has 4 aromatic carbocycles. The summed E-state index contributed by atoms with van der Waals surface area (Å²) in [5.41, 5.74) is 10.3. The standard InChI is InChI=1S/C26H23N2S.C11H8N.Ir/c1-16(2)19-12-13-20-21(15-29-24(20)14-19)26-27-22-10-5-6-11-23(22)28(26)25-17(3)8-7-9-18(25)4;1-2-6-10(7-3-1)11-8-4-5-9-12-11;/h5-14,16H,1-4H3;1-6,8-9H;/q2*-1;. The molecule has 1 radical (unpaired) electrons. The Morgan fingerprint density at radius 1 is 0.810 bits per heavy atom. The van der Waals surface area contributed by atoms with Gasteiger partial charge in [0.05, 0.1) is 16.9 Å². The van der Waals surface area contributed by atoms with Crippen molar-refractivity contribution in [1.82, 2.24) is 14.5 Å². The number of benzene rings is 4. The van der Waals surface area contributed by atoms with Gasteiger partial charge in [-0.05, 0) is 54.8 Å². The van der Waals surface area contributed by atoms with Crippen LogP contribution in [-0.2, 0) is 20.1 Å². The van der Waals surface area contributed by atoms with E-state index < -0.39 is 0 Å². The number of aromatic nitrogens is 3. The third-order valence-corrected chi connectivity index (χ3v) is 8.17. The smallest absolute Gasteiger partial charge is 0.0774 e. The van der Waals surface area contributed by atoms with Gasteiger partial charge in [0.2, 0.25) is 0 Å². The van der Waals surface area contributed by atoms with E-state index in [1.54, 1.807) is 17.5 Å². The first-order chi connectivity index (χ1) is 20.0. The van der Waals surface area contributed by atoms with Gasteiger partial charge in [-0.2, -0.15) is 0 Å². The van der Waals surface area contributed by atoms with Crippen molar-refractivity contribution in [2.45, 2.75) is 33.6 Å². The van der Waals surface area contributed by atoms with E-state index in [4.69, 9.17) is 4.98 Å². The average molecular weight is 742 g/mol. The van der Waals surface area contributed by atoms with Gasteiger partial charge in [0.25, 0.3) is 0 Å². The quantitative estimate of drug-likeness (QED) is 0.168. The Kier molecular flexibility index (Phi) is 9.13. The summed E-state index contributed by atoms with van der Waals surface area (Å²) < 4.78 is 3.58. The Bertz CT molecular complexity index is 1880.